The third kappa shape index (κ3) is 4.05. The second-order valence-electron chi connectivity index (χ2n) is 7.38. The molecular weight excluding hydrogens is 427 g/mol. The number of hydrogen-bond donors (Lipinski definition) is 0. The Hall–Kier alpha value is -4.13. The highest BCUT2D eigenvalue weighted by Crippen LogP contribution is 2.36. The number of fused-ring (bicyclic) bond motifs is 1. The zero-order valence-electron chi connectivity index (χ0n) is 18.5. The molecule has 6 nitrogen and oxygen atoms in total. The van der Waals surface area contributed by atoms with Gasteiger partial charge in [0.05, 0.1) is 30.6 Å². The number of ether oxygens (including phenoxy) is 3. The molecule has 4 rings (SSSR count). The quantitative estimate of drug-likeness (QED) is 0.378. The maximum atomic E-state index is 14.2. The van der Waals surface area contributed by atoms with Crippen molar-refractivity contribution in [3.63, 3.8) is 0 Å². The molecular formula is C26H21FO6. The number of esters is 1. The minimum absolute atomic E-state index is 0.0829. The molecule has 0 bridgehead atoms. The highest BCUT2D eigenvalue weighted by Gasteiger charge is 2.21. The number of aryl methyl sites for hydroxylation is 2. The van der Waals surface area contributed by atoms with E-state index in [0.29, 0.717) is 39.5 Å². The lowest BCUT2D eigenvalue weighted by Crippen LogP contribution is -2.10. The Bertz CT molecular complexity index is 1440. The molecule has 168 valence electrons. The summed E-state index contributed by atoms with van der Waals surface area (Å²) in [4.78, 5) is 25.9. The SMILES string of the molecule is COc1ccc(-c2cc(OC(=O)c3ccccc3F)c3c(C)oc(C)c3c(=O)c2)cc1OC. The van der Waals surface area contributed by atoms with Gasteiger partial charge in [-0.2, -0.15) is 0 Å². The van der Waals surface area contributed by atoms with Crippen molar-refractivity contribution in [3.8, 4) is 28.4 Å². The summed E-state index contributed by atoms with van der Waals surface area (Å²) in [5.41, 5.74) is 0.590. The molecule has 0 aliphatic rings. The summed E-state index contributed by atoms with van der Waals surface area (Å²) < 4.78 is 36.1. The van der Waals surface area contributed by atoms with Gasteiger partial charge in [-0.3, -0.25) is 4.79 Å². The Labute approximate surface area is 189 Å². The molecule has 0 atom stereocenters. The average Bonchev–Trinajstić information content (AvgIpc) is 3.02. The summed E-state index contributed by atoms with van der Waals surface area (Å²) in [6.45, 7) is 3.33. The first kappa shape index (κ1) is 22.1. The number of methoxy groups -OCH3 is 2. The Morgan fingerprint density at radius 2 is 1.48 bits per heavy atom. The van der Waals surface area contributed by atoms with E-state index in [1.807, 2.05) is 0 Å². The number of furan rings is 1. The lowest BCUT2D eigenvalue weighted by atomic mass is 10.1. The molecule has 7 heteroatoms. The van der Waals surface area contributed by atoms with Crippen molar-refractivity contribution >= 4 is 16.7 Å². The van der Waals surface area contributed by atoms with Gasteiger partial charge in [0.1, 0.15) is 23.1 Å². The lowest BCUT2D eigenvalue weighted by Gasteiger charge is -2.10. The Kier molecular flexibility index (Phi) is 5.87. The van der Waals surface area contributed by atoms with Gasteiger partial charge in [0.25, 0.3) is 0 Å². The number of carbonyl (C=O) groups is 1. The minimum atomic E-state index is -0.885. The van der Waals surface area contributed by atoms with Crippen LogP contribution in [0.2, 0.25) is 0 Å². The molecule has 0 fully saturated rings. The molecule has 0 spiro atoms. The highest BCUT2D eigenvalue weighted by atomic mass is 19.1. The fourth-order valence-electron chi connectivity index (χ4n) is 3.79. The van der Waals surface area contributed by atoms with Gasteiger partial charge >= 0.3 is 5.97 Å². The van der Waals surface area contributed by atoms with Crippen LogP contribution in [0, 0.1) is 19.7 Å². The normalized spacial score (nSPS) is 10.8. The second kappa shape index (κ2) is 8.78. The smallest absolute Gasteiger partial charge is 0.346 e. The van der Waals surface area contributed by atoms with Crippen LogP contribution < -0.4 is 19.6 Å². The zero-order chi connectivity index (χ0) is 23.7. The molecule has 0 radical (unpaired) electrons. The number of rotatable bonds is 5. The fraction of sp³-hybridized carbons (Fsp3) is 0.154. The van der Waals surface area contributed by atoms with E-state index in [9.17, 15) is 14.0 Å². The highest BCUT2D eigenvalue weighted by molar-refractivity contribution is 5.97. The van der Waals surface area contributed by atoms with Crippen LogP contribution in [0.5, 0.6) is 17.2 Å². The topological polar surface area (TPSA) is 75.0 Å². The predicted octanol–water partition coefficient (Wildman–Crippen LogP) is 5.45. The first-order valence-electron chi connectivity index (χ1n) is 10.1. The predicted molar refractivity (Wildman–Crippen MR) is 122 cm³/mol. The Morgan fingerprint density at radius 1 is 0.818 bits per heavy atom. The minimum Gasteiger partial charge on any atom is -0.493 e. The summed E-state index contributed by atoms with van der Waals surface area (Å²) in [5, 5.41) is 0.643. The van der Waals surface area contributed by atoms with Crippen LogP contribution in [0.1, 0.15) is 21.9 Å². The molecule has 0 unspecified atom stereocenters. The summed E-state index contributed by atoms with van der Waals surface area (Å²) in [6.07, 6.45) is 0. The van der Waals surface area contributed by atoms with Gasteiger partial charge < -0.3 is 18.6 Å². The molecule has 33 heavy (non-hydrogen) atoms. The number of carbonyl (C=O) groups excluding carboxylic acids is 1. The standard InChI is InChI=1S/C26H21FO6/c1-14-24-20(28)11-17(16-9-10-21(30-3)22(12-16)31-4)13-23(25(24)15(2)32-14)33-26(29)18-7-5-6-8-19(18)27/h5-13H,1-4H3. The van der Waals surface area contributed by atoms with Crippen LogP contribution in [-0.2, 0) is 0 Å². The van der Waals surface area contributed by atoms with Crippen molar-refractivity contribution in [3.05, 3.63) is 87.7 Å². The second-order valence-corrected chi connectivity index (χ2v) is 7.38. The Morgan fingerprint density at radius 3 is 2.18 bits per heavy atom. The molecule has 0 amide bonds. The van der Waals surface area contributed by atoms with E-state index in [1.165, 1.54) is 44.6 Å². The van der Waals surface area contributed by atoms with Crippen LogP contribution in [0.25, 0.3) is 21.9 Å². The van der Waals surface area contributed by atoms with Crippen molar-refractivity contribution in [2.75, 3.05) is 14.2 Å². The van der Waals surface area contributed by atoms with Crippen molar-refractivity contribution in [1.82, 2.24) is 0 Å². The van der Waals surface area contributed by atoms with E-state index in [0.717, 1.165) is 0 Å². The van der Waals surface area contributed by atoms with E-state index in [1.54, 1.807) is 38.1 Å². The molecule has 1 heterocycles. The molecule has 1 aromatic heterocycles. The lowest BCUT2D eigenvalue weighted by molar-refractivity contribution is 0.0732. The molecule has 4 aromatic rings. The largest absolute Gasteiger partial charge is 0.493 e. The number of benzene rings is 2. The molecule has 0 N–H and O–H groups in total. The molecule has 0 saturated carbocycles. The van der Waals surface area contributed by atoms with E-state index < -0.39 is 11.8 Å². The van der Waals surface area contributed by atoms with Crippen molar-refractivity contribution in [2.24, 2.45) is 0 Å². The van der Waals surface area contributed by atoms with Crippen LogP contribution in [-0.4, -0.2) is 20.2 Å². The van der Waals surface area contributed by atoms with Gasteiger partial charge in [-0.25, -0.2) is 9.18 Å². The van der Waals surface area contributed by atoms with Crippen LogP contribution in [0.4, 0.5) is 4.39 Å². The van der Waals surface area contributed by atoms with Crippen molar-refractivity contribution < 1.29 is 27.8 Å². The molecule has 0 aliphatic heterocycles. The first-order chi connectivity index (χ1) is 15.8. The van der Waals surface area contributed by atoms with Gasteiger partial charge in [0, 0.05) is 0 Å². The molecule has 0 saturated heterocycles. The number of halogens is 1. The van der Waals surface area contributed by atoms with Crippen LogP contribution in [0.3, 0.4) is 0 Å². The summed E-state index contributed by atoms with van der Waals surface area (Å²) >= 11 is 0. The third-order valence-electron chi connectivity index (χ3n) is 5.34. The van der Waals surface area contributed by atoms with Crippen LogP contribution in [0.15, 0.2) is 63.8 Å². The summed E-state index contributed by atoms with van der Waals surface area (Å²) in [7, 11) is 3.04. The van der Waals surface area contributed by atoms with Crippen LogP contribution >= 0.6 is 0 Å². The van der Waals surface area contributed by atoms with E-state index >= 15 is 0 Å². The average molecular weight is 448 g/mol. The third-order valence-corrected chi connectivity index (χ3v) is 5.34. The molecule has 3 aromatic carbocycles. The maximum Gasteiger partial charge on any atom is 0.346 e. The van der Waals surface area contributed by atoms with Gasteiger partial charge in [0.15, 0.2) is 16.9 Å². The van der Waals surface area contributed by atoms with E-state index in [-0.39, 0.29) is 22.1 Å². The fourth-order valence-corrected chi connectivity index (χ4v) is 3.79. The Balaban J connectivity index is 1.95. The summed E-state index contributed by atoms with van der Waals surface area (Å²) in [6, 6.07) is 13.7. The number of hydrogen-bond acceptors (Lipinski definition) is 6. The van der Waals surface area contributed by atoms with E-state index in [4.69, 9.17) is 18.6 Å². The molecule has 0 aliphatic carbocycles. The summed E-state index contributed by atoms with van der Waals surface area (Å²) in [5.74, 6) is 0.294. The van der Waals surface area contributed by atoms with Crippen molar-refractivity contribution in [1.29, 1.82) is 0 Å². The van der Waals surface area contributed by atoms with Crippen molar-refractivity contribution in [2.45, 2.75) is 13.8 Å². The van der Waals surface area contributed by atoms with Gasteiger partial charge in [-0.05, 0) is 61.4 Å². The van der Waals surface area contributed by atoms with Gasteiger partial charge in [-0.1, -0.05) is 18.2 Å². The van der Waals surface area contributed by atoms with E-state index in [2.05, 4.69) is 0 Å². The first-order valence-corrected chi connectivity index (χ1v) is 10.1. The zero-order valence-corrected chi connectivity index (χ0v) is 18.5. The van der Waals surface area contributed by atoms with Gasteiger partial charge in [0.2, 0.25) is 0 Å². The monoisotopic (exact) mass is 448 g/mol. The van der Waals surface area contributed by atoms with Gasteiger partial charge in [-0.15, -0.1) is 0 Å². The maximum absolute atomic E-state index is 14.2.